The summed E-state index contributed by atoms with van der Waals surface area (Å²) >= 11 is 0. The standard InChI is InChI=1S/C15H17N3O2/c1-17-9-8-16-15(17)18(2)14(20)11-7-6-10-4-3-5-12(19)13(10)11/h3-5,8-9,11,19H,6-7H2,1-2H3. The van der Waals surface area contributed by atoms with Crippen molar-refractivity contribution in [2.75, 3.05) is 11.9 Å². The summed E-state index contributed by atoms with van der Waals surface area (Å²) in [5, 5.41) is 10.0. The molecule has 0 aliphatic heterocycles. The molecule has 1 heterocycles. The summed E-state index contributed by atoms with van der Waals surface area (Å²) in [5.74, 6) is 0.512. The van der Waals surface area contributed by atoms with Crippen molar-refractivity contribution in [2.24, 2.45) is 7.05 Å². The number of hydrogen-bond donors (Lipinski definition) is 1. The van der Waals surface area contributed by atoms with Gasteiger partial charge in [-0.05, 0) is 24.5 Å². The van der Waals surface area contributed by atoms with Gasteiger partial charge in [0.15, 0.2) is 0 Å². The van der Waals surface area contributed by atoms with E-state index in [9.17, 15) is 9.90 Å². The maximum atomic E-state index is 12.7. The smallest absolute Gasteiger partial charge is 0.236 e. The number of carbonyl (C=O) groups excluding carboxylic acids is 1. The molecule has 0 saturated carbocycles. The number of aryl methyl sites for hydroxylation is 2. The fraction of sp³-hybridized carbons (Fsp3) is 0.333. The molecule has 5 heteroatoms. The van der Waals surface area contributed by atoms with E-state index in [4.69, 9.17) is 0 Å². The molecule has 1 atom stereocenters. The monoisotopic (exact) mass is 271 g/mol. The molecular weight excluding hydrogens is 254 g/mol. The third-order valence-electron chi connectivity index (χ3n) is 3.95. The topological polar surface area (TPSA) is 58.4 Å². The lowest BCUT2D eigenvalue weighted by Crippen LogP contribution is -2.32. The van der Waals surface area contributed by atoms with Gasteiger partial charge < -0.3 is 9.67 Å². The van der Waals surface area contributed by atoms with Gasteiger partial charge in [-0.15, -0.1) is 0 Å². The number of rotatable bonds is 2. The van der Waals surface area contributed by atoms with Crippen LogP contribution in [0.2, 0.25) is 0 Å². The number of imidazole rings is 1. The van der Waals surface area contributed by atoms with E-state index in [0.29, 0.717) is 5.95 Å². The number of amides is 1. The Morgan fingerprint density at radius 3 is 3.00 bits per heavy atom. The molecule has 1 amide bonds. The number of carbonyl (C=O) groups is 1. The quantitative estimate of drug-likeness (QED) is 0.906. The highest BCUT2D eigenvalue weighted by Crippen LogP contribution is 2.40. The first-order valence-electron chi connectivity index (χ1n) is 6.65. The summed E-state index contributed by atoms with van der Waals surface area (Å²) in [6.07, 6.45) is 5.04. The molecule has 1 aromatic heterocycles. The van der Waals surface area contributed by atoms with Crippen molar-refractivity contribution in [3.8, 4) is 5.75 Å². The van der Waals surface area contributed by atoms with Crippen LogP contribution >= 0.6 is 0 Å². The number of aromatic nitrogens is 2. The minimum atomic E-state index is -0.284. The minimum Gasteiger partial charge on any atom is -0.508 e. The number of fused-ring (bicyclic) bond motifs is 1. The van der Waals surface area contributed by atoms with Crippen molar-refractivity contribution in [3.05, 3.63) is 41.7 Å². The first-order valence-corrected chi connectivity index (χ1v) is 6.65. The molecular formula is C15H17N3O2. The first kappa shape index (κ1) is 12.7. The molecule has 1 aromatic carbocycles. The molecule has 0 radical (unpaired) electrons. The number of aromatic hydroxyl groups is 1. The molecule has 0 fully saturated rings. The lowest BCUT2D eigenvalue weighted by atomic mass is 9.99. The van der Waals surface area contributed by atoms with Gasteiger partial charge in [-0.25, -0.2) is 4.98 Å². The molecule has 0 bridgehead atoms. The van der Waals surface area contributed by atoms with Gasteiger partial charge in [0.25, 0.3) is 0 Å². The van der Waals surface area contributed by atoms with E-state index in [1.807, 2.05) is 19.2 Å². The highest BCUT2D eigenvalue weighted by Gasteiger charge is 2.34. The van der Waals surface area contributed by atoms with Crippen molar-refractivity contribution in [3.63, 3.8) is 0 Å². The second kappa shape index (κ2) is 4.67. The zero-order valence-electron chi connectivity index (χ0n) is 11.6. The van der Waals surface area contributed by atoms with Crippen molar-refractivity contribution in [1.82, 2.24) is 9.55 Å². The van der Waals surface area contributed by atoms with Crippen LogP contribution in [0.5, 0.6) is 5.75 Å². The number of anilines is 1. The van der Waals surface area contributed by atoms with Crippen LogP contribution in [-0.2, 0) is 18.3 Å². The summed E-state index contributed by atoms with van der Waals surface area (Å²) in [5.41, 5.74) is 1.84. The lowest BCUT2D eigenvalue weighted by molar-refractivity contribution is -0.119. The summed E-state index contributed by atoms with van der Waals surface area (Å²) in [6.45, 7) is 0. The number of nitrogens with zero attached hydrogens (tertiary/aromatic N) is 3. The number of phenolic OH excluding ortho intramolecular Hbond substituents is 1. The number of phenols is 1. The first-order chi connectivity index (χ1) is 9.59. The van der Waals surface area contributed by atoms with E-state index in [0.717, 1.165) is 24.0 Å². The van der Waals surface area contributed by atoms with Crippen LogP contribution in [0.4, 0.5) is 5.95 Å². The number of likely N-dealkylation sites (N-methyl/N-ethyl adjacent to an activating group) is 1. The molecule has 1 aliphatic rings. The van der Waals surface area contributed by atoms with Gasteiger partial charge in [-0.2, -0.15) is 0 Å². The molecule has 104 valence electrons. The molecule has 1 aliphatic carbocycles. The Morgan fingerprint density at radius 1 is 1.50 bits per heavy atom. The summed E-state index contributed by atoms with van der Waals surface area (Å²) in [4.78, 5) is 18.4. The predicted octanol–water partition coefficient (Wildman–Crippen LogP) is 1.82. The van der Waals surface area contributed by atoms with E-state index in [-0.39, 0.29) is 17.6 Å². The van der Waals surface area contributed by atoms with Crippen LogP contribution < -0.4 is 4.90 Å². The van der Waals surface area contributed by atoms with E-state index in [2.05, 4.69) is 4.98 Å². The molecule has 5 nitrogen and oxygen atoms in total. The predicted molar refractivity (Wildman–Crippen MR) is 75.8 cm³/mol. The molecule has 3 rings (SSSR count). The Morgan fingerprint density at radius 2 is 2.30 bits per heavy atom. The van der Waals surface area contributed by atoms with Crippen molar-refractivity contribution in [1.29, 1.82) is 0 Å². The van der Waals surface area contributed by atoms with Gasteiger partial charge in [0.1, 0.15) is 5.75 Å². The second-order valence-corrected chi connectivity index (χ2v) is 5.18. The fourth-order valence-electron chi connectivity index (χ4n) is 2.92. The molecule has 0 saturated heterocycles. The fourth-order valence-corrected chi connectivity index (χ4v) is 2.92. The van der Waals surface area contributed by atoms with Gasteiger partial charge in [-0.3, -0.25) is 9.69 Å². The van der Waals surface area contributed by atoms with Gasteiger partial charge in [-0.1, -0.05) is 12.1 Å². The highest BCUT2D eigenvalue weighted by atomic mass is 16.3. The Balaban J connectivity index is 1.93. The van der Waals surface area contributed by atoms with Crippen LogP contribution in [0.15, 0.2) is 30.6 Å². The molecule has 1 N–H and O–H groups in total. The van der Waals surface area contributed by atoms with E-state index < -0.39 is 0 Å². The molecule has 20 heavy (non-hydrogen) atoms. The zero-order chi connectivity index (χ0) is 14.3. The average molecular weight is 271 g/mol. The van der Waals surface area contributed by atoms with Crippen molar-refractivity contribution in [2.45, 2.75) is 18.8 Å². The Kier molecular flexibility index (Phi) is 2.97. The van der Waals surface area contributed by atoms with Gasteiger partial charge in [0.05, 0.1) is 5.92 Å². The summed E-state index contributed by atoms with van der Waals surface area (Å²) < 4.78 is 1.80. The van der Waals surface area contributed by atoms with Crippen molar-refractivity contribution >= 4 is 11.9 Å². The van der Waals surface area contributed by atoms with E-state index in [1.165, 1.54) is 0 Å². The Hall–Kier alpha value is -2.30. The van der Waals surface area contributed by atoms with Crippen molar-refractivity contribution < 1.29 is 9.90 Å². The van der Waals surface area contributed by atoms with Crippen LogP contribution in [-0.4, -0.2) is 27.6 Å². The molecule has 0 spiro atoms. The van der Waals surface area contributed by atoms with Crippen LogP contribution in [0.3, 0.4) is 0 Å². The Bertz CT molecular complexity index is 663. The molecule has 1 unspecified atom stereocenters. The normalized spacial score (nSPS) is 17.0. The SMILES string of the molecule is CN(C(=O)C1CCc2cccc(O)c21)c1nccn1C. The van der Waals surface area contributed by atoms with Crippen LogP contribution in [0, 0.1) is 0 Å². The number of benzene rings is 1. The minimum absolute atomic E-state index is 0.0282. The molecule has 2 aromatic rings. The third kappa shape index (κ3) is 1.86. The summed E-state index contributed by atoms with van der Waals surface area (Å²) in [7, 11) is 3.58. The third-order valence-corrected chi connectivity index (χ3v) is 3.95. The average Bonchev–Trinajstić information content (AvgIpc) is 3.04. The Labute approximate surface area is 117 Å². The van der Waals surface area contributed by atoms with Gasteiger partial charge in [0, 0.05) is 32.1 Å². The van der Waals surface area contributed by atoms with E-state index >= 15 is 0 Å². The highest BCUT2D eigenvalue weighted by molar-refractivity contribution is 5.97. The van der Waals surface area contributed by atoms with Gasteiger partial charge in [0.2, 0.25) is 11.9 Å². The van der Waals surface area contributed by atoms with Crippen LogP contribution in [0.25, 0.3) is 0 Å². The van der Waals surface area contributed by atoms with E-state index in [1.54, 1.807) is 35.0 Å². The lowest BCUT2D eigenvalue weighted by Gasteiger charge is -2.21. The maximum Gasteiger partial charge on any atom is 0.236 e. The summed E-state index contributed by atoms with van der Waals surface area (Å²) in [6, 6.07) is 5.44. The largest absolute Gasteiger partial charge is 0.508 e. The number of hydrogen-bond acceptors (Lipinski definition) is 3. The second-order valence-electron chi connectivity index (χ2n) is 5.18. The zero-order valence-corrected chi connectivity index (χ0v) is 11.6. The maximum absolute atomic E-state index is 12.7. The van der Waals surface area contributed by atoms with Gasteiger partial charge >= 0.3 is 0 Å². The van der Waals surface area contributed by atoms with Crippen LogP contribution in [0.1, 0.15) is 23.5 Å².